The second-order valence-corrected chi connectivity index (χ2v) is 12.0. The number of nitrogens with zero attached hydrogens (tertiary/aromatic N) is 1. The average Bonchev–Trinajstić information content (AvgIpc) is 3.27. The number of benzene rings is 2. The predicted octanol–water partition coefficient (Wildman–Crippen LogP) is 3.00. The summed E-state index contributed by atoms with van der Waals surface area (Å²) in [4.78, 5) is 40.9. The summed E-state index contributed by atoms with van der Waals surface area (Å²) in [5, 5.41) is 21.0. The number of alkyl halides is 1. The van der Waals surface area contributed by atoms with E-state index in [0.29, 0.717) is 12.5 Å². The summed E-state index contributed by atoms with van der Waals surface area (Å²) in [5.74, 6) is -0.899. The highest BCUT2D eigenvalue weighted by Crippen LogP contribution is 2.27. The molecular weight excluding hydrogens is 535 g/mol. The Morgan fingerprint density at radius 3 is 2.38 bits per heavy atom. The van der Waals surface area contributed by atoms with Crippen molar-refractivity contribution in [3.63, 3.8) is 0 Å². The Kier molecular flexibility index (Phi) is 12.3. The number of carbonyl (C=O) groups is 3. The maximum atomic E-state index is 14.4. The Labute approximate surface area is 242 Å². The first-order valence-corrected chi connectivity index (χ1v) is 13.7. The third-order valence-corrected chi connectivity index (χ3v) is 6.79. The smallest absolute Gasteiger partial charge is 0.243 e. The number of aliphatic hydroxyl groups excluding tert-OH is 1. The molecule has 1 heterocycles. The number of fused-ring (bicyclic) bond motifs is 1. The zero-order chi connectivity index (χ0) is 28.7. The van der Waals surface area contributed by atoms with E-state index >= 15 is 0 Å². The molecule has 2 aromatic rings. The molecule has 1 aliphatic rings. The molecule has 1 saturated heterocycles. The van der Waals surface area contributed by atoms with Crippen LogP contribution < -0.4 is 16.0 Å². The van der Waals surface area contributed by atoms with Crippen molar-refractivity contribution in [2.45, 2.75) is 71.8 Å². The maximum Gasteiger partial charge on any atom is 0.243 e. The first kappa shape index (κ1) is 33.5. The zero-order valence-electron chi connectivity index (χ0n) is 24.1. The fraction of sp³-hybridized carbons (Fsp3) is 0.567. The lowest BCUT2D eigenvalue weighted by molar-refractivity contribution is -0.145. The Morgan fingerprint density at radius 1 is 1.05 bits per heavy atom. The lowest BCUT2D eigenvalue weighted by atomic mass is 9.94. The molecular formula is C30H44ClFN4O4. The van der Waals surface area contributed by atoms with E-state index in [9.17, 15) is 23.9 Å². The average molecular weight is 579 g/mol. The number of halogens is 2. The Hall–Kier alpha value is -2.75. The number of carbonyl (C=O) groups excluding carboxylic acids is 3. The molecule has 0 spiro atoms. The SMILES string of the molecule is CC(C)CNCC(O)CNC(=O)[C@@H](Cc1ccc2ccccc2c1)NC(=O)C1C[C@H](F)CN1C(=O)C(C)(C)C.Cl. The fourth-order valence-corrected chi connectivity index (χ4v) is 4.72. The molecule has 0 saturated carbocycles. The van der Waals surface area contributed by atoms with Crippen LogP contribution in [-0.4, -0.2) is 78.3 Å². The van der Waals surface area contributed by atoms with Gasteiger partial charge in [-0.2, -0.15) is 0 Å². The second-order valence-electron chi connectivity index (χ2n) is 12.0. The summed E-state index contributed by atoms with van der Waals surface area (Å²) in [7, 11) is 0. The highest BCUT2D eigenvalue weighted by atomic mass is 35.5. The van der Waals surface area contributed by atoms with Crippen LogP contribution in [0.2, 0.25) is 0 Å². The number of amides is 3. The topological polar surface area (TPSA) is 111 Å². The largest absolute Gasteiger partial charge is 0.390 e. The molecule has 3 amide bonds. The van der Waals surface area contributed by atoms with E-state index in [1.165, 1.54) is 4.90 Å². The summed E-state index contributed by atoms with van der Waals surface area (Å²) in [5.41, 5.74) is 0.0650. The van der Waals surface area contributed by atoms with Crippen LogP contribution in [0.25, 0.3) is 10.8 Å². The van der Waals surface area contributed by atoms with Gasteiger partial charge < -0.3 is 26.0 Å². The van der Waals surface area contributed by atoms with Crippen molar-refractivity contribution < 1.29 is 23.9 Å². The van der Waals surface area contributed by atoms with Gasteiger partial charge in [-0.25, -0.2) is 4.39 Å². The molecule has 4 N–H and O–H groups in total. The highest BCUT2D eigenvalue weighted by molar-refractivity contribution is 5.94. The van der Waals surface area contributed by atoms with Crippen LogP contribution in [0.1, 0.15) is 46.6 Å². The number of aliphatic hydroxyl groups is 1. The van der Waals surface area contributed by atoms with Crippen LogP contribution in [0.4, 0.5) is 4.39 Å². The molecule has 0 radical (unpaired) electrons. The molecule has 2 aromatic carbocycles. The zero-order valence-corrected chi connectivity index (χ0v) is 24.9. The van der Waals surface area contributed by atoms with Gasteiger partial charge in [0.25, 0.3) is 0 Å². The lowest BCUT2D eigenvalue weighted by Gasteiger charge is -2.31. The number of hydrogen-bond acceptors (Lipinski definition) is 5. The van der Waals surface area contributed by atoms with Gasteiger partial charge in [0.2, 0.25) is 17.7 Å². The van der Waals surface area contributed by atoms with E-state index < -0.39 is 41.6 Å². The predicted molar refractivity (Wildman–Crippen MR) is 158 cm³/mol. The molecule has 1 aliphatic heterocycles. The lowest BCUT2D eigenvalue weighted by Crippen LogP contribution is -2.55. The van der Waals surface area contributed by atoms with E-state index in [1.807, 2.05) is 42.5 Å². The standard InChI is InChI=1S/C30H43FN4O4.ClH/c1-19(2)15-32-16-24(36)17-33-27(37)25(13-20-10-11-21-8-6-7-9-22(21)12-20)34-28(38)26-14-23(31)18-35(26)29(39)30(3,4)5;/h6-12,19,23-26,32,36H,13-18H2,1-5H3,(H,33,37)(H,34,38);1H/t23-,24?,25+,26?;/m0./s1. The monoisotopic (exact) mass is 578 g/mol. The van der Waals surface area contributed by atoms with Crippen LogP contribution in [0.15, 0.2) is 42.5 Å². The molecule has 0 aromatic heterocycles. The fourth-order valence-electron chi connectivity index (χ4n) is 4.72. The molecule has 8 nitrogen and oxygen atoms in total. The van der Waals surface area contributed by atoms with Gasteiger partial charge in [0.15, 0.2) is 0 Å². The molecule has 10 heteroatoms. The van der Waals surface area contributed by atoms with Crippen molar-refractivity contribution in [1.82, 2.24) is 20.9 Å². The third kappa shape index (κ3) is 9.42. The summed E-state index contributed by atoms with van der Waals surface area (Å²) >= 11 is 0. The second kappa shape index (κ2) is 14.8. The molecule has 0 aliphatic carbocycles. The van der Waals surface area contributed by atoms with Gasteiger partial charge in [-0.3, -0.25) is 14.4 Å². The molecule has 222 valence electrons. The van der Waals surface area contributed by atoms with Crippen molar-refractivity contribution in [3.8, 4) is 0 Å². The first-order chi connectivity index (χ1) is 18.3. The summed E-state index contributed by atoms with van der Waals surface area (Å²) in [6, 6.07) is 11.7. The molecule has 4 atom stereocenters. The minimum atomic E-state index is -1.31. The quantitative estimate of drug-likeness (QED) is 0.328. The minimum absolute atomic E-state index is 0. The highest BCUT2D eigenvalue weighted by Gasteiger charge is 2.43. The van der Waals surface area contributed by atoms with Crippen molar-refractivity contribution in [1.29, 1.82) is 0 Å². The van der Waals surface area contributed by atoms with Crippen LogP contribution in [0.5, 0.6) is 0 Å². The summed E-state index contributed by atoms with van der Waals surface area (Å²) in [6.07, 6.45) is -2.03. The van der Waals surface area contributed by atoms with E-state index in [1.54, 1.807) is 20.8 Å². The van der Waals surface area contributed by atoms with Gasteiger partial charge in [-0.15, -0.1) is 12.4 Å². The van der Waals surface area contributed by atoms with Crippen molar-refractivity contribution in [3.05, 3.63) is 48.0 Å². The van der Waals surface area contributed by atoms with Gasteiger partial charge in [0.05, 0.1) is 12.6 Å². The van der Waals surface area contributed by atoms with Crippen molar-refractivity contribution in [2.24, 2.45) is 11.3 Å². The first-order valence-electron chi connectivity index (χ1n) is 13.7. The summed E-state index contributed by atoms with van der Waals surface area (Å²) < 4.78 is 14.4. The molecule has 1 fully saturated rings. The minimum Gasteiger partial charge on any atom is -0.390 e. The molecule has 2 unspecified atom stereocenters. The van der Waals surface area contributed by atoms with E-state index in [0.717, 1.165) is 22.9 Å². The maximum absolute atomic E-state index is 14.4. The van der Waals surface area contributed by atoms with Crippen LogP contribution in [0, 0.1) is 11.3 Å². The van der Waals surface area contributed by atoms with Gasteiger partial charge in [0.1, 0.15) is 18.3 Å². The van der Waals surface area contributed by atoms with E-state index in [4.69, 9.17) is 0 Å². The Bertz CT molecular complexity index is 1160. The van der Waals surface area contributed by atoms with Gasteiger partial charge in [-0.05, 0) is 28.8 Å². The molecule has 0 bridgehead atoms. The molecule has 40 heavy (non-hydrogen) atoms. The normalized spacial score (nSPS) is 18.8. The van der Waals surface area contributed by atoms with Gasteiger partial charge >= 0.3 is 0 Å². The van der Waals surface area contributed by atoms with Crippen LogP contribution in [0.3, 0.4) is 0 Å². The van der Waals surface area contributed by atoms with Crippen LogP contribution >= 0.6 is 12.4 Å². The Morgan fingerprint density at radius 2 is 1.73 bits per heavy atom. The van der Waals surface area contributed by atoms with Crippen LogP contribution in [-0.2, 0) is 20.8 Å². The van der Waals surface area contributed by atoms with Gasteiger partial charge in [0, 0.05) is 31.3 Å². The number of likely N-dealkylation sites (tertiary alicyclic amines) is 1. The Balaban J connectivity index is 0.00000560. The van der Waals surface area contributed by atoms with E-state index in [2.05, 4.69) is 29.8 Å². The van der Waals surface area contributed by atoms with Crippen molar-refractivity contribution >= 4 is 40.9 Å². The number of hydrogen-bond donors (Lipinski definition) is 4. The summed E-state index contributed by atoms with van der Waals surface area (Å²) in [6.45, 7) is 10.2. The molecule has 3 rings (SSSR count). The number of nitrogens with one attached hydrogen (secondary N) is 3. The number of rotatable bonds is 11. The van der Waals surface area contributed by atoms with Crippen molar-refractivity contribution in [2.75, 3.05) is 26.2 Å². The van der Waals surface area contributed by atoms with E-state index in [-0.39, 0.29) is 44.2 Å². The van der Waals surface area contributed by atoms with Gasteiger partial charge in [-0.1, -0.05) is 77.1 Å². The third-order valence-electron chi connectivity index (χ3n) is 6.79.